The molecule has 0 bridgehead atoms. The highest BCUT2D eigenvalue weighted by atomic mass is 32.2. The molecule has 1 heterocycles. The van der Waals surface area contributed by atoms with Crippen LogP contribution in [0, 0.1) is 5.82 Å². The first-order valence-electron chi connectivity index (χ1n) is 5.27. The molecule has 6 nitrogen and oxygen atoms in total. The topological polar surface area (TPSA) is 93.9 Å². The van der Waals surface area contributed by atoms with Crippen molar-refractivity contribution in [2.24, 2.45) is 0 Å². The fraction of sp³-hybridized carbons (Fsp3) is 0.182. The number of nitrogen functional groups attached to an aromatic ring is 1. The highest BCUT2D eigenvalue weighted by Crippen LogP contribution is 2.22. The molecule has 0 saturated heterocycles. The van der Waals surface area contributed by atoms with Crippen LogP contribution in [-0.4, -0.2) is 33.8 Å². The molecule has 0 aliphatic carbocycles. The number of anilines is 1. The van der Waals surface area contributed by atoms with Crippen molar-refractivity contribution >= 4 is 23.5 Å². The number of methoxy groups -OCH3 is 1. The van der Waals surface area contributed by atoms with Crippen LogP contribution in [0.5, 0.6) is 5.75 Å². The van der Waals surface area contributed by atoms with Crippen LogP contribution in [0.25, 0.3) is 0 Å². The van der Waals surface area contributed by atoms with E-state index in [1.54, 1.807) is 0 Å². The van der Waals surface area contributed by atoms with Crippen LogP contribution in [0.15, 0.2) is 23.4 Å². The van der Waals surface area contributed by atoms with Crippen LogP contribution in [-0.2, 0) is 0 Å². The number of H-pyrrole nitrogens is 1. The van der Waals surface area contributed by atoms with E-state index in [0.717, 1.165) is 17.8 Å². The molecule has 0 unspecified atom stereocenters. The minimum atomic E-state index is -0.490. The van der Waals surface area contributed by atoms with E-state index >= 15 is 0 Å². The number of aromatic nitrogens is 3. The molecular weight excluding hydrogens is 271 g/mol. The van der Waals surface area contributed by atoms with Gasteiger partial charge in [-0.3, -0.25) is 4.79 Å². The SMILES string of the molecule is COc1ccc(F)cc1C(=O)CSc1n[nH]c(N)n1. The van der Waals surface area contributed by atoms with Crippen molar-refractivity contribution in [2.45, 2.75) is 5.16 Å². The molecule has 3 N–H and O–H groups in total. The largest absolute Gasteiger partial charge is 0.496 e. The normalized spacial score (nSPS) is 10.4. The van der Waals surface area contributed by atoms with Crippen molar-refractivity contribution in [1.82, 2.24) is 15.2 Å². The molecule has 8 heteroatoms. The van der Waals surface area contributed by atoms with Gasteiger partial charge in [-0.1, -0.05) is 11.8 Å². The lowest BCUT2D eigenvalue weighted by atomic mass is 10.1. The molecule has 1 aromatic heterocycles. The van der Waals surface area contributed by atoms with E-state index in [1.165, 1.54) is 19.2 Å². The van der Waals surface area contributed by atoms with Gasteiger partial charge in [-0.25, -0.2) is 9.49 Å². The van der Waals surface area contributed by atoms with E-state index in [0.29, 0.717) is 10.9 Å². The van der Waals surface area contributed by atoms with Gasteiger partial charge in [0.15, 0.2) is 5.78 Å². The van der Waals surface area contributed by atoms with E-state index < -0.39 is 5.82 Å². The quantitative estimate of drug-likeness (QED) is 0.637. The smallest absolute Gasteiger partial charge is 0.216 e. The maximum atomic E-state index is 13.1. The standard InChI is InChI=1S/C11H11FN4O2S/c1-18-9-3-2-6(12)4-7(9)8(17)5-19-11-14-10(13)15-16-11/h2-4H,5H2,1H3,(H3,13,14,15,16). The van der Waals surface area contributed by atoms with Gasteiger partial charge in [0.1, 0.15) is 11.6 Å². The van der Waals surface area contributed by atoms with Crippen LogP contribution in [0.3, 0.4) is 0 Å². The fourth-order valence-corrected chi connectivity index (χ4v) is 2.12. The van der Waals surface area contributed by atoms with Gasteiger partial charge in [-0.2, -0.15) is 4.98 Å². The Morgan fingerprint density at radius 3 is 3.00 bits per heavy atom. The Kier molecular flexibility index (Phi) is 4.00. The minimum absolute atomic E-state index is 0.0666. The third-order valence-corrected chi connectivity index (χ3v) is 3.12. The highest BCUT2D eigenvalue weighted by Gasteiger charge is 2.14. The summed E-state index contributed by atoms with van der Waals surface area (Å²) in [5.74, 6) is -0.183. The average Bonchev–Trinajstić information content (AvgIpc) is 2.81. The molecule has 0 amide bonds. The summed E-state index contributed by atoms with van der Waals surface area (Å²) in [6, 6.07) is 3.80. The van der Waals surface area contributed by atoms with Gasteiger partial charge in [0.25, 0.3) is 0 Å². The third kappa shape index (κ3) is 3.22. The van der Waals surface area contributed by atoms with E-state index in [-0.39, 0.29) is 23.0 Å². The van der Waals surface area contributed by atoms with Gasteiger partial charge >= 0.3 is 0 Å². The lowest BCUT2D eigenvalue weighted by Crippen LogP contribution is -2.05. The summed E-state index contributed by atoms with van der Waals surface area (Å²) < 4.78 is 18.2. The molecule has 100 valence electrons. The molecule has 0 spiro atoms. The summed E-state index contributed by atoms with van der Waals surface area (Å²) in [5.41, 5.74) is 5.56. The molecule has 0 aliphatic heterocycles. The molecule has 0 atom stereocenters. The number of carbonyl (C=O) groups is 1. The van der Waals surface area contributed by atoms with Crippen LogP contribution < -0.4 is 10.5 Å². The monoisotopic (exact) mass is 282 g/mol. The zero-order valence-electron chi connectivity index (χ0n) is 10.0. The van der Waals surface area contributed by atoms with E-state index in [9.17, 15) is 9.18 Å². The van der Waals surface area contributed by atoms with Gasteiger partial charge in [0, 0.05) is 0 Å². The number of hydrogen-bond acceptors (Lipinski definition) is 6. The summed E-state index contributed by atoms with van der Waals surface area (Å²) >= 11 is 1.11. The van der Waals surface area contributed by atoms with Crippen LogP contribution in [0.4, 0.5) is 10.3 Å². The number of nitrogens with two attached hydrogens (primary N) is 1. The maximum absolute atomic E-state index is 13.1. The molecule has 2 rings (SSSR count). The summed E-state index contributed by atoms with van der Waals surface area (Å²) in [6.07, 6.45) is 0. The number of ketones is 1. The molecule has 0 radical (unpaired) electrons. The second kappa shape index (κ2) is 5.70. The number of aromatic amines is 1. The molecule has 1 aromatic carbocycles. The lowest BCUT2D eigenvalue weighted by molar-refractivity contribution is 0.101. The fourth-order valence-electron chi connectivity index (χ4n) is 1.43. The third-order valence-electron chi connectivity index (χ3n) is 2.28. The Morgan fingerprint density at radius 1 is 1.58 bits per heavy atom. The zero-order chi connectivity index (χ0) is 13.8. The lowest BCUT2D eigenvalue weighted by Gasteiger charge is -2.06. The Hall–Kier alpha value is -2.09. The first-order valence-corrected chi connectivity index (χ1v) is 6.26. The number of Topliss-reactive ketones (excluding diaryl/α,β-unsaturated/α-hetero) is 1. The molecular formula is C11H11FN4O2S. The molecule has 2 aromatic rings. The number of rotatable bonds is 5. The van der Waals surface area contributed by atoms with Gasteiger partial charge in [-0.05, 0) is 18.2 Å². The van der Waals surface area contributed by atoms with Crippen molar-refractivity contribution in [3.8, 4) is 5.75 Å². The van der Waals surface area contributed by atoms with Crippen molar-refractivity contribution in [1.29, 1.82) is 0 Å². The number of benzene rings is 1. The van der Waals surface area contributed by atoms with E-state index in [2.05, 4.69) is 15.2 Å². The van der Waals surface area contributed by atoms with Gasteiger partial charge < -0.3 is 10.5 Å². The Morgan fingerprint density at radius 2 is 2.37 bits per heavy atom. The summed E-state index contributed by atoms with van der Waals surface area (Å²) in [7, 11) is 1.42. The van der Waals surface area contributed by atoms with E-state index in [1.807, 2.05) is 0 Å². The number of carbonyl (C=O) groups excluding carboxylic acids is 1. The Labute approximate surface area is 112 Å². The molecule has 0 fully saturated rings. The second-order valence-electron chi connectivity index (χ2n) is 3.56. The van der Waals surface area contributed by atoms with Crippen molar-refractivity contribution in [3.05, 3.63) is 29.6 Å². The number of halogens is 1. The summed E-state index contributed by atoms with van der Waals surface area (Å²) in [4.78, 5) is 15.8. The van der Waals surface area contributed by atoms with E-state index in [4.69, 9.17) is 10.5 Å². The number of nitrogens with one attached hydrogen (secondary N) is 1. The van der Waals surface area contributed by atoms with Crippen molar-refractivity contribution < 1.29 is 13.9 Å². The first-order chi connectivity index (χ1) is 9.10. The first kappa shape index (κ1) is 13.3. The van der Waals surface area contributed by atoms with Crippen molar-refractivity contribution in [3.63, 3.8) is 0 Å². The van der Waals surface area contributed by atoms with Gasteiger partial charge in [0.05, 0.1) is 18.4 Å². The predicted molar refractivity (Wildman–Crippen MR) is 68.8 cm³/mol. The average molecular weight is 282 g/mol. The molecule has 19 heavy (non-hydrogen) atoms. The Bertz CT molecular complexity index is 602. The summed E-state index contributed by atoms with van der Waals surface area (Å²) in [6.45, 7) is 0. The predicted octanol–water partition coefficient (Wildman–Crippen LogP) is 1.51. The van der Waals surface area contributed by atoms with Gasteiger partial charge in [-0.15, -0.1) is 5.10 Å². The highest BCUT2D eigenvalue weighted by molar-refractivity contribution is 7.99. The molecule has 0 saturated carbocycles. The number of thioether (sulfide) groups is 1. The van der Waals surface area contributed by atoms with Gasteiger partial charge in [0.2, 0.25) is 11.1 Å². The number of ether oxygens (including phenoxy) is 1. The minimum Gasteiger partial charge on any atom is -0.496 e. The van der Waals surface area contributed by atoms with Crippen LogP contribution >= 0.6 is 11.8 Å². The summed E-state index contributed by atoms with van der Waals surface area (Å²) in [5, 5.41) is 6.61. The molecule has 0 aliphatic rings. The second-order valence-corrected chi connectivity index (χ2v) is 4.50. The van der Waals surface area contributed by atoms with Crippen LogP contribution in [0.1, 0.15) is 10.4 Å². The van der Waals surface area contributed by atoms with Crippen LogP contribution in [0.2, 0.25) is 0 Å². The maximum Gasteiger partial charge on any atom is 0.216 e. The number of hydrogen-bond donors (Lipinski definition) is 2. The Balaban J connectivity index is 2.09. The van der Waals surface area contributed by atoms with Crippen molar-refractivity contribution in [2.75, 3.05) is 18.6 Å². The zero-order valence-corrected chi connectivity index (χ0v) is 10.8. The number of nitrogens with zero attached hydrogens (tertiary/aromatic N) is 2.